The molecule has 6 atom stereocenters. The Kier molecular flexibility index (Phi) is 11.4. The number of benzene rings is 2. The van der Waals surface area contributed by atoms with E-state index in [2.05, 4.69) is 31.0 Å². The number of carbonyl (C=O) groups excluding carboxylic acids is 1. The number of aliphatic carboxylic acids is 1. The molecule has 2 aromatic heterocycles. The van der Waals surface area contributed by atoms with E-state index in [1.807, 2.05) is 0 Å². The molecule has 298 valence electrons. The Balaban J connectivity index is 1.40. The van der Waals surface area contributed by atoms with Gasteiger partial charge in [0.05, 0.1) is 53.7 Å². The average molecular weight is 797 g/mol. The molecule has 1 saturated heterocycles. The van der Waals surface area contributed by atoms with Gasteiger partial charge >= 0.3 is 24.1 Å². The quantitative estimate of drug-likeness (QED) is 0.111. The number of carboxylic acids is 1. The molecule has 0 radical (unpaired) electrons. The Morgan fingerprint density at radius 1 is 1.04 bits per heavy atom. The normalized spacial score (nSPS) is 21.7. The zero-order valence-electron chi connectivity index (χ0n) is 27.7. The van der Waals surface area contributed by atoms with Gasteiger partial charge in [0.1, 0.15) is 36.3 Å². The van der Waals surface area contributed by atoms with E-state index in [0.29, 0.717) is 12.1 Å². The van der Waals surface area contributed by atoms with E-state index in [0.717, 1.165) is 34.6 Å². The highest BCUT2D eigenvalue weighted by Crippen LogP contribution is 2.40. The molecule has 0 unspecified atom stereocenters. The Morgan fingerprint density at radius 2 is 1.69 bits per heavy atom. The number of nitrogens with zero attached hydrogens (tertiary/aromatic N) is 7. The van der Waals surface area contributed by atoms with Gasteiger partial charge in [0, 0.05) is 12.5 Å². The lowest BCUT2D eigenvalue weighted by molar-refractivity contribution is -0.284. The third-order valence-electron chi connectivity index (χ3n) is 8.10. The Labute approximate surface area is 301 Å². The molecular formula is C30H28F8N8O9. The van der Waals surface area contributed by atoms with Gasteiger partial charge < -0.3 is 40.3 Å². The molecule has 6 N–H and O–H groups in total. The molecule has 1 aliphatic heterocycles. The van der Waals surface area contributed by atoms with E-state index in [1.54, 1.807) is 0 Å². The maximum Gasteiger partial charge on any atom is 0.416 e. The lowest BCUT2D eigenvalue weighted by Crippen LogP contribution is -2.68. The van der Waals surface area contributed by atoms with Gasteiger partial charge in [-0.25, -0.2) is 18.3 Å². The molecule has 0 bridgehead atoms. The number of halogens is 8. The standard InChI is InChI=1S/C30H28F8N8O9/c1-12(48)39-22-19(49)8-28(27(52)53,55-24(22)23(51)20(50)11-47)54-21-3-2-17(7-18(21)25(31)32)45-9-16(40-43-45)10-46-42-26(41-44-46)13-4-14(29(33,34)35)6-15(5-13)30(36,37)38/h2-7,9,19-20,22-25,47,49-51H,8,10-11H2,1H3,(H,39,48)(H,52,53)/t19-,20+,22+,23+,24+,28+/m0/s1. The summed E-state index contributed by atoms with van der Waals surface area (Å²) < 4.78 is 120. The first-order chi connectivity index (χ1) is 25.6. The molecule has 0 spiro atoms. The molecule has 4 aromatic rings. The minimum absolute atomic E-state index is 0.000658. The number of rotatable bonds is 12. The average Bonchev–Trinajstić information content (AvgIpc) is 3.78. The smallest absolute Gasteiger partial charge is 0.416 e. The number of nitrogens with one attached hydrogen (secondary N) is 1. The maximum absolute atomic E-state index is 14.4. The van der Waals surface area contributed by atoms with Crippen LogP contribution < -0.4 is 10.1 Å². The zero-order valence-corrected chi connectivity index (χ0v) is 27.7. The summed E-state index contributed by atoms with van der Waals surface area (Å²) in [4.78, 5) is 25.0. The van der Waals surface area contributed by atoms with Gasteiger partial charge in [0.25, 0.3) is 6.43 Å². The predicted molar refractivity (Wildman–Crippen MR) is 162 cm³/mol. The van der Waals surface area contributed by atoms with Crippen LogP contribution in [0.15, 0.2) is 42.6 Å². The van der Waals surface area contributed by atoms with Crippen molar-refractivity contribution in [1.29, 1.82) is 0 Å². The predicted octanol–water partition coefficient (Wildman–Crippen LogP) is 1.47. The first-order valence-electron chi connectivity index (χ1n) is 15.6. The van der Waals surface area contributed by atoms with Gasteiger partial charge in [0.2, 0.25) is 11.7 Å². The highest BCUT2D eigenvalue weighted by atomic mass is 19.4. The number of carboxylic acid groups (broad SMARTS) is 1. The van der Waals surface area contributed by atoms with E-state index in [9.17, 15) is 70.2 Å². The summed E-state index contributed by atoms with van der Waals surface area (Å²) in [5.74, 6) is -7.10. The van der Waals surface area contributed by atoms with E-state index in [1.165, 1.54) is 6.20 Å². The monoisotopic (exact) mass is 796 g/mol. The number of ether oxygens (including phenoxy) is 2. The summed E-state index contributed by atoms with van der Waals surface area (Å²) in [7, 11) is 0. The van der Waals surface area contributed by atoms with Crippen LogP contribution in [0.3, 0.4) is 0 Å². The van der Waals surface area contributed by atoms with Crippen LogP contribution >= 0.6 is 0 Å². The van der Waals surface area contributed by atoms with Crippen LogP contribution in [0.2, 0.25) is 0 Å². The number of carbonyl (C=O) groups is 2. The number of alkyl halides is 8. The van der Waals surface area contributed by atoms with E-state index in [4.69, 9.17) is 9.47 Å². The van der Waals surface area contributed by atoms with Gasteiger partial charge in [-0.1, -0.05) is 5.21 Å². The van der Waals surface area contributed by atoms with Crippen molar-refractivity contribution in [3.05, 3.63) is 65.0 Å². The zero-order chi connectivity index (χ0) is 40.6. The number of aromatic nitrogens is 7. The molecule has 3 heterocycles. The molecule has 17 nitrogen and oxygen atoms in total. The maximum atomic E-state index is 14.4. The van der Waals surface area contributed by atoms with Crippen molar-refractivity contribution in [2.24, 2.45) is 0 Å². The second kappa shape index (κ2) is 15.4. The largest absolute Gasteiger partial charge is 0.476 e. The van der Waals surface area contributed by atoms with Crippen LogP contribution in [-0.2, 0) is 33.2 Å². The molecule has 5 rings (SSSR count). The number of aliphatic hydroxyl groups excluding tert-OH is 4. The molecule has 1 aliphatic rings. The van der Waals surface area contributed by atoms with E-state index < -0.39 is 120 Å². The van der Waals surface area contributed by atoms with E-state index >= 15 is 0 Å². The van der Waals surface area contributed by atoms with Gasteiger partial charge in [-0.3, -0.25) is 4.79 Å². The highest BCUT2D eigenvalue weighted by molar-refractivity contribution is 5.77. The van der Waals surface area contributed by atoms with Crippen LogP contribution in [-0.4, -0.2) is 115 Å². The van der Waals surface area contributed by atoms with Gasteiger partial charge in [-0.05, 0) is 41.6 Å². The fraction of sp³-hybridized carbons (Fsp3) is 0.433. The summed E-state index contributed by atoms with van der Waals surface area (Å²) >= 11 is 0. The summed E-state index contributed by atoms with van der Waals surface area (Å²) in [6.07, 6.45) is -21.3. The molecule has 1 amide bonds. The second-order valence-electron chi connectivity index (χ2n) is 12.1. The molecule has 0 aliphatic carbocycles. The second-order valence-corrected chi connectivity index (χ2v) is 12.1. The fourth-order valence-electron chi connectivity index (χ4n) is 5.50. The highest BCUT2D eigenvalue weighted by Gasteiger charge is 2.57. The Bertz CT molecular complexity index is 2000. The summed E-state index contributed by atoms with van der Waals surface area (Å²) in [6.45, 7) is -0.444. The van der Waals surface area contributed by atoms with Crippen LogP contribution in [0.25, 0.3) is 17.1 Å². The number of hydrogen-bond acceptors (Lipinski definition) is 13. The van der Waals surface area contributed by atoms with Crippen molar-refractivity contribution >= 4 is 11.9 Å². The van der Waals surface area contributed by atoms with E-state index in [-0.39, 0.29) is 17.4 Å². The minimum Gasteiger partial charge on any atom is -0.476 e. The number of aliphatic hydroxyl groups is 4. The third kappa shape index (κ3) is 8.96. The third-order valence-corrected chi connectivity index (χ3v) is 8.10. The molecule has 55 heavy (non-hydrogen) atoms. The van der Waals surface area contributed by atoms with Crippen LogP contribution in [0.5, 0.6) is 5.75 Å². The van der Waals surface area contributed by atoms with Crippen LogP contribution in [0.1, 0.15) is 42.2 Å². The van der Waals surface area contributed by atoms with Gasteiger partial charge in [-0.2, -0.15) is 31.1 Å². The Hall–Kier alpha value is -5.37. The lowest BCUT2D eigenvalue weighted by Gasteiger charge is -2.46. The lowest BCUT2D eigenvalue weighted by atomic mass is 9.88. The van der Waals surface area contributed by atoms with Crippen LogP contribution in [0, 0.1) is 0 Å². The molecule has 25 heteroatoms. The van der Waals surface area contributed by atoms with Crippen molar-refractivity contribution in [2.45, 2.75) is 74.9 Å². The summed E-state index contributed by atoms with van der Waals surface area (Å²) in [5, 5.41) is 71.6. The van der Waals surface area contributed by atoms with Crippen molar-refractivity contribution in [2.75, 3.05) is 6.61 Å². The fourth-order valence-corrected chi connectivity index (χ4v) is 5.50. The molecule has 1 fully saturated rings. The SMILES string of the molecule is CC(=O)N[C@H]1[C@H]([C@H](O)[C@H](O)CO)O[C@@](Oc2ccc(-n3cc(Cn4nnc(-c5cc(C(F)(F)F)cc(C(F)(F)F)c5)n4)nn3)cc2C(F)F)(C(=O)O)C[C@@H]1O. The van der Waals surface area contributed by atoms with Gasteiger partial charge in [0.15, 0.2) is 0 Å². The number of tetrazole rings is 1. The van der Waals surface area contributed by atoms with Crippen molar-refractivity contribution < 1.29 is 79.7 Å². The first kappa shape index (κ1) is 40.8. The molecule has 2 aromatic carbocycles. The first-order valence-corrected chi connectivity index (χ1v) is 15.6. The van der Waals surface area contributed by atoms with Crippen molar-refractivity contribution in [3.63, 3.8) is 0 Å². The topological polar surface area (TPSA) is 240 Å². The van der Waals surface area contributed by atoms with Gasteiger partial charge in [-0.15, -0.1) is 15.3 Å². The van der Waals surface area contributed by atoms with Crippen molar-refractivity contribution in [1.82, 2.24) is 40.5 Å². The number of amides is 1. The Morgan fingerprint density at radius 3 is 2.25 bits per heavy atom. The molecular weight excluding hydrogens is 768 g/mol. The molecule has 0 saturated carbocycles. The summed E-state index contributed by atoms with van der Waals surface area (Å²) in [6, 6.07) is 2.02. The minimum atomic E-state index is -5.13. The van der Waals surface area contributed by atoms with Crippen molar-refractivity contribution in [3.8, 4) is 22.8 Å². The number of hydrogen-bond donors (Lipinski definition) is 6. The van der Waals surface area contributed by atoms with Crippen LogP contribution in [0.4, 0.5) is 35.1 Å². The summed E-state index contributed by atoms with van der Waals surface area (Å²) in [5.41, 5.74) is -4.90.